The van der Waals surface area contributed by atoms with Crippen molar-refractivity contribution in [1.29, 1.82) is 0 Å². The molecule has 0 saturated heterocycles. The monoisotopic (exact) mass is 383 g/mol. The third kappa shape index (κ3) is 11.1. The number of unbranched alkanes of at least 4 members (excludes halogenated alkanes) is 8. The maximum absolute atomic E-state index is 2.35. The van der Waals surface area contributed by atoms with E-state index in [1.165, 1.54) is 88.4 Å². The summed E-state index contributed by atoms with van der Waals surface area (Å²) in [6.45, 7) is 14.7. The van der Waals surface area contributed by atoms with Gasteiger partial charge in [-0.25, -0.2) is 0 Å². The second kappa shape index (κ2) is 15.1. The van der Waals surface area contributed by atoms with E-state index in [1.54, 1.807) is 0 Å². The summed E-state index contributed by atoms with van der Waals surface area (Å²) >= 11 is 0. The Balaban J connectivity index is 0. The first-order valence-electron chi connectivity index (χ1n) is 8.59. The van der Waals surface area contributed by atoms with Crippen molar-refractivity contribution in [3.63, 3.8) is 0 Å². The Kier molecular flexibility index (Phi) is 17.5. The number of hydrogen-bond donors (Lipinski definition) is 0. The lowest BCUT2D eigenvalue weighted by Gasteiger charge is -2.35. The predicted octanol–water partition coefficient (Wildman–Crippen LogP) is 2.40. The lowest BCUT2D eigenvalue weighted by atomic mass is 10.1. The van der Waals surface area contributed by atoms with Crippen molar-refractivity contribution < 1.29 is 28.5 Å². The van der Waals surface area contributed by atoms with Crippen LogP contribution in [0.4, 0.5) is 0 Å². The fourth-order valence-corrected chi connectivity index (χ4v) is 2.90. The van der Waals surface area contributed by atoms with Crippen molar-refractivity contribution in [3.8, 4) is 0 Å². The molecule has 0 rings (SSSR count). The number of rotatable bonds is 13. The topological polar surface area (TPSA) is 0 Å². The summed E-state index contributed by atoms with van der Waals surface area (Å²) in [5.41, 5.74) is 0. The van der Waals surface area contributed by atoms with Crippen molar-refractivity contribution in [3.05, 3.63) is 0 Å². The average molecular weight is 383 g/mol. The van der Waals surface area contributed by atoms with Crippen LogP contribution in [0.25, 0.3) is 0 Å². The van der Waals surface area contributed by atoms with E-state index in [2.05, 4.69) is 27.7 Å². The zero-order valence-electron chi connectivity index (χ0n) is 14.0. The lowest BCUT2D eigenvalue weighted by Crippen LogP contribution is -3.00. The van der Waals surface area contributed by atoms with Crippen LogP contribution in [-0.2, 0) is 0 Å². The third-order valence-electron chi connectivity index (χ3n) is 4.75. The van der Waals surface area contributed by atoms with E-state index in [1.807, 2.05) is 0 Å². The van der Waals surface area contributed by atoms with Crippen LogP contribution in [0.15, 0.2) is 0 Å². The van der Waals surface area contributed by atoms with E-state index in [0.717, 1.165) is 0 Å². The van der Waals surface area contributed by atoms with Crippen molar-refractivity contribution in [2.45, 2.75) is 85.5 Å². The molecule has 0 aromatic carbocycles. The Morgan fingerprint density at radius 2 is 0.895 bits per heavy atom. The maximum Gasteiger partial charge on any atom is 0.0786 e. The minimum atomic E-state index is 0. The zero-order valence-corrected chi connectivity index (χ0v) is 16.2. The second-order valence-electron chi connectivity index (χ2n) is 5.84. The summed E-state index contributed by atoms with van der Waals surface area (Å²) in [5, 5.41) is 0. The Hall–Kier alpha value is 0.690. The fourth-order valence-electron chi connectivity index (χ4n) is 2.90. The van der Waals surface area contributed by atoms with Gasteiger partial charge in [0.2, 0.25) is 0 Å². The highest BCUT2D eigenvalue weighted by atomic mass is 127. The molecule has 0 spiro atoms. The van der Waals surface area contributed by atoms with Gasteiger partial charge in [0.25, 0.3) is 0 Å². The molecule has 2 heteroatoms. The van der Waals surface area contributed by atoms with Crippen molar-refractivity contribution in [2.24, 2.45) is 0 Å². The van der Waals surface area contributed by atoms with E-state index in [4.69, 9.17) is 0 Å². The summed E-state index contributed by atoms with van der Waals surface area (Å²) < 4.78 is 1.33. The number of hydrogen-bond acceptors (Lipinski definition) is 0. The van der Waals surface area contributed by atoms with Crippen molar-refractivity contribution in [2.75, 3.05) is 26.2 Å². The standard InChI is InChI=1S/C17H38N.HI/c1-5-9-10-11-12-13-14-15-16-17-18(6-2,7-3)8-4;/h5-17H2,1-4H3;1H/q+1;/p-1. The molecule has 0 unspecified atom stereocenters. The minimum Gasteiger partial charge on any atom is -1.00 e. The van der Waals surface area contributed by atoms with E-state index in [0.29, 0.717) is 0 Å². The van der Waals surface area contributed by atoms with Crippen molar-refractivity contribution >= 4 is 0 Å². The van der Waals surface area contributed by atoms with Gasteiger partial charge in [-0.05, 0) is 33.6 Å². The molecule has 1 nitrogen and oxygen atoms in total. The Morgan fingerprint density at radius 1 is 0.526 bits per heavy atom. The molecule has 0 aliphatic heterocycles. The van der Waals surface area contributed by atoms with Crippen LogP contribution >= 0.6 is 0 Å². The van der Waals surface area contributed by atoms with Gasteiger partial charge in [0.1, 0.15) is 0 Å². The molecule has 0 aliphatic carbocycles. The molecule has 0 N–H and O–H groups in total. The van der Waals surface area contributed by atoms with E-state index in [9.17, 15) is 0 Å². The van der Waals surface area contributed by atoms with E-state index >= 15 is 0 Å². The smallest absolute Gasteiger partial charge is 0.0786 e. The van der Waals surface area contributed by atoms with Gasteiger partial charge in [-0.15, -0.1) is 0 Å². The highest BCUT2D eigenvalue weighted by molar-refractivity contribution is 4.47. The van der Waals surface area contributed by atoms with Crippen LogP contribution in [-0.4, -0.2) is 30.7 Å². The van der Waals surface area contributed by atoms with Crippen LogP contribution in [0.2, 0.25) is 0 Å². The molecule has 118 valence electrons. The first-order valence-corrected chi connectivity index (χ1v) is 8.59. The highest BCUT2D eigenvalue weighted by Crippen LogP contribution is 2.12. The Morgan fingerprint density at radius 3 is 1.26 bits per heavy atom. The molecule has 0 atom stereocenters. The van der Waals surface area contributed by atoms with Gasteiger partial charge in [-0.2, -0.15) is 0 Å². The number of halogens is 1. The molecule has 0 fully saturated rings. The van der Waals surface area contributed by atoms with Gasteiger partial charge >= 0.3 is 0 Å². The first-order chi connectivity index (χ1) is 8.74. The van der Waals surface area contributed by atoms with Gasteiger partial charge in [-0.1, -0.05) is 51.9 Å². The fraction of sp³-hybridized carbons (Fsp3) is 1.00. The summed E-state index contributed by atoms with van der Waals surface area (Å²) in [4.78, 5) is 0. The summed E-state index contributed by atoms with van der Waals surface area (Å²) in [5.74, 6) is 0. The van der Waals surface area contributed by atoms with Gasteiger partial charge in [0, 0.05) is 0 Å². The molecule has 0 aromatic rings. The SMILES string of the molecule is CCCCCCCCCCC[N+](CC)(CC)CC.[I-]. The first kappa shape index (κ1) is 22.0. The van der Waals surface area contributed by atoms with Gasteiger partial charge in [0.15, 0.2) is 0 Å². The van der Waals surface area contributed by atoms with Crippen LogP contribution in [0.5, 0.6) is 0 Å². The molecule has 0 radical (unpaired) electrons. The maximum atomic E-state index is 2.35. The molecule has 19 heavy (non-hydrogen) atoms. The molecule has 0 bridgehead atoms. The Bertz CT molecular complexity index is 158. The van der Waals surface area contributed by atoms with E-state index < -0.39 is 0 Å². The molecular formula is C17H38IN. The van der Waals surface area contributed by atoms with Gasteiger partial charge in [0.05, 0.1) is 26.2 Å². The average Bonchev–Trinajstić information content (AvgIpc) is 2.42. The van der Waals surface area contributed by atoms with Gasteiger partial charge in [-0.3, -0.25) is 0 Å². The molecule has 0 saturated carbocycles. The molecule has 0 amide bonds. The largest absolute Gasteiger partial charge is 1.00 e. The van der Waals surface area contributed by atoms with Crippen LogP contribution in [0.1, 0.15) is 85.5 Å². The van der Waals surface area contributed by atoms with Crippen LogP contribution in [0, 0.1) is 0 Å². The quantitative estimate of drug-likeness (QED) is 0.260. The highest BCUT2D eigenvalue weighted by Gasteiger charge is 2.19. The summed E-state index contributed by atoms with van der Waals surface area (Å²) in [6.07, 6.45) is 13.0. The molecule has 0 aliphatic rings. The second-order valence-corrected chi connectivity index (χ2v) is 5.84. The summed E-state index contributed by atoms with van der Waals surface area (Å²) in [6, 6.07) is 0. The van der Waals surface area contributed by atoms with Crippen LogP contribution < -0.4 is 24.0 Å². The predicted molar refractivity (Wildman–Crippen MR) is 84.0 cm³/mol. The van der Waals surface area contributed by atoms with Gasteiger partial charge < -0.3 is 28.5 Å². The zero-order chi connectivity index (χ0) is 13.7. The van der Waals surface area contributed by atoms with Crippen LogP contribution in [0.3, 0.4) is 0 Å². The molecular weight excluding hydrogens is 345 g/mol. The Labute approximate surface area is 140 Å². The lowest BCUT2D eigenvalue weighted by molar-refractivity contribution is -0.923. The third-order valence-corrected chi connectivity index (χ3v) is 4.75. The minimum absolute atomic E-state index is 0. The normalized spacial score (nSPS) is 11.4. The molecule has 0 heterocycles. The summed E-state index contributed by atoms with van der Waals surface area (Å²) in [7, 11) is 0. The molecule has 0 aromatic heterocycles. The number of nitrogens with zero attached hydrogens (tertiary/aromatic N) is 1. The number of quaternary nitrogens is 1. The van der Waals surface area contributed by atoms with Crippen molar-refractivity contribution in [1.82, 2.24) is 0 Å². The van der Waals surface area contributed by atoms with E-state index in [-0.39, 0.29) is 24.0 Å².